The zero-order valence-electron chi connectivity index (χ0n) is 11.8. The molecule has 1 aromatic rings. The second-order valence-corrected chi connectivity index (χ2v) is 5.80. The van der Waals surface area contributed by atoms with Gasteiger partial charge < -0.3 is 16.4 Å². The Morgan fingerprint density at radius 2 is 2.05 bits per heavy atom. The second-order valence-electron chi connectivity index (χ2n) is 5.39. The van der Waals surface area contributed by atoms with E-state index in [0.717, 1.165) is 0 Å². The number of nitrogen functional groups attached to an aromatic ring is 1. The molecular weight excluding hydrogens is 280 g/mol. The van der Waals surface area contributed by atoms with E-state index in [-0.39, 0.29) is 46.7 Å². The normalized spacial score (nSPS) is 11.0. The predicted octanol–water partition coefficient (Wildman–Crippen LogP) is 1.35. The fraction of sp³-hybridized carbons (Fsp3) is 0.462. The summed E-state index contributed by atoms with van der Waals surface area (Å²) in [5.41, 5.74) is 5.46. The summed E-state index contributed by atoms with van der Waals surface area (Å²) >= 11 is 5.86. The molecule has 0 aliphatic rings. The van der Waals surface area contributed by atoms with Crippen molar-refractivity contribution in [3.63, 3.8) is 0 Å². The predicted molar refractivity (Wildman–Crippen MR) is 78.5 cm³/mol. The van der Waals surface area contributed by atoms with Gasteiger partial charge in [0.1, 0.15) is 5.82 Å². The average Bonchev–Trinajstić information content (AvgIpc) is 2.29. The van der Waals surface area contributed by atoms with Crippen LogP contribution in [0.1, 0.15) is 37.6 Å². The van der Waals surface area contributed by atoms with E-state index in [1.807, 2.05) is 20.8 Å². The molecule has 0 aliphatic heterocycles. The molecule has 1 rings (SSSR count). The number of nitrogens with zero attached hydrogens (tertiary/aromatic N) is 1. The van der Waals surface area contributed by atoms with E-state index in [1.54, 1.807) is 0 Å². The van der Waals surface area contributed by atoms with Gasteiger partial charge in [0, 0.05) is 24.7 Å². The third kappa shape index (κ3) is 5.44. The van der Waals surface area contributed by atoms with Gasteiger partial charge in [-0.2, -0.15) is 0 Å². The number of hydrogen-bond acceptors (Lipinski definition) is 4. The molecule has 0 fully saturated rings. The molecule has 0 bridgehead atoms. The monoisotopic (exact) mass is 298 g/mol. The van der Waals surface area contributed by atoms with Crippen LogP contribution in [0.25, 0.3) is 0 Å². The van der Waals surface area contributed by atoms with Gasteiger partial charge in [0.05, 0.1) is 10.6 Å². The van der Waals surface area contributed by atoms with E-state index < -0.39 is 0 Å². The maximum absolute atomic E-state index is 11.9. The quantitative estimate of drug-likeness (QED) is 0.781. The molecule has 7 heteroatoms. The van der Waals surface area contributed by atoms with Crippen molar-refractivity contribution in [3.05, 3.63) is 22.8 Å². The summed E-state index contributed by atoms with van der Waals surface area (Å²) in [5, 5.41) is 5.64. The number of carbonyl (C=O) groups excluding carboxylic acids is 2. The van der Waals surface area contributed by atoms with E-state index in [9.17, 15) is 9.59 Å². The summed E-state index contributed by atoms with van der Waals surface area (Å²) in [6, 6.07) is 1.40. The maximum Gasteiger partial charge on any atom is 0.253 e. The van der Waals surface area contributed by atoms with Crippen LogP contribution < -0.4 is 16.4 Å². The lowest BCUT2D eigenvalue weighted by Gasteiger charge is -2.20. The molecule has 6 nitrogen and oxygen atoms in total. The average molecular weight is 299 g/mol. The molecule has 0 saturated carbocycles. The summed E-state index contributed by atoms with van der Waals surface area (Å²) in [5.74, 6) is -0.296. The van der Waals surface area contributed by atoms with Crippen LogP contribution in [0.3, 0.4) is 0 Å². The maximum atomic E-state index is 11.9. The van der Waals surface area contributed by atoms with Gasteiger partial charge in [-0.1, -0.05) is 11.6 Å². The lowest BCUT2D eigenvalue weighted by molar-refractivity contribution is -0.122. The summed E-state index contributed by atoms with van der Waals surface area (Å²) in [6.07, 6.45) is 1.51. The number of pyridine rings is 1. The van der Waals surface area contributed by atoms with Crippen molar-refractivity contribution in [3.8, 4) is 0 Å². The largest absolute Gasteiger partial charge is 0.384 e. The van der Waals surface area contributed by atoms with Crippen molar-refractivity contribution >= 4 is 29.2 Å². The summed E-state index contributed by atoms with van der Waals surface area (Å²) in [4.78, 5) is 27.2. The second kappa shape index (κ2) is 6.56. The SMILES string of the molecule is CC(C)(C)NC(=O)CCNC(=O)c1cc(N)ncc1Cl. The van der Waals surface area contributed by atoms with E-state index in [1.165, 1.54) is 12.3 Å². The van der Waals surface area contributed by atoms with Gasteiger partial charge in [-0.25, -0.2) is 4.98 Å². The summed E-state index contributed by atoms with van der Waals surface area (Å²) in [6.45, 7) is 5.90. The lowest BCUT2D eigenvalue weighted by Crippen LogP contribution is -2.42. The fourth-order valence-electron chi connectivity index (χ4n) is 1.49. The van der Waals surface area contributed by atoms with Gasteiger partial charge in [-0.15, -0.1) is 0 Å². The number of nitrogens with two attached hydrogens (primary N) is 1. The molecule has 0 radical (unpaired) electrons. The highest BCUT2D eigenvalue weighted by atomic mass is 35.5. The molecule has 0 saturated heterocycles. The Balaban J connectivity index is 2.48. The van der Waals surface area contributed by atoms with Crippen molar-refractivity contribution in [1.82, 2.24) is 15.6 Å². The first-order valence-corrected chi connectivity index (χ1v) is 6.57. The van der Waals surface area contributed by atoms with Gasteiger partial charge in [0.2, 0.25) is 5.91 Å². The first kappa shape index (κ1) is 16.2. The van der Waals surface area contributed by atoms with Crippen LogP contribution in [-0.2, 0) is 4.79 Å². The highest BCUT2D eigenvalue weighted by Gasteiger charge is 2.15. The third-order valence-electron chi connectivity index (χ3n) is 2.27. The Morgan fingerprint density at radius 3 is 2.65 bits per heavy atom. The Hall–Kier alpha value is -1.82. The topological polar surface area (TPSA) is 97.1 Å². The molecule has 1 heterocycles. The highest BCUT2D eigenvalue weighted by molar-refractivity contribution is 6.33. The minimum atomic E-state index is -0.382. The van der Waals surface area contributed by atoms with Crippen molar-refractivity contribution in [2.75, 3.05) is 12.3 Å². The van der Waals surface area contributed by atoms with E-state index in [4.69, 9.17) is 17.3 Å². The molecule has 0 unspecified atom stereocenters. The molecule has 0 aliphatic carbocycles. The van der Waals surface area contributed by atoms with Gasteiger partial charge in [0.25, 0.3) is 5.91 Å². The Kier molecular flexibility index (Phi) is 5.33. The van der Waals surface area contributed by atoms with Crippen LogP contribution in [0.15, 0.2) is 12.3 Å². The molecular formula is C13H19ClN4O2. The highest BCUT2D eigenvalue weighted by Crippen LogP contribution is 2.16. The van der Waals surface area contributed by atoms with Gasteiger partial charge >= 0.3 is 0 Å². The van der Waals surface area contributed by atoms with Gasteiger partial charge in [-0.3, -0.25) is 9.59 Å². The molecule has 0 aromatic carbocycles. The molecule has 0 atom stereocenters. The molecule has 0 spiro atoms. The third-order valence-corrected chi connectivity index (χ3v) is 2.57. The lowest BCUT2D eigenvalue weighted by atomic mass is 10.1. The number of halogens is 1. The molecule has 110 valence electrons. The van der Waals surface area contributed by atoms with Crippen LogP contribution in [0.2, 0.25) is 5.02 Å². The smallest absolute Gasteiger partial charge is 0.253 e. The van der Waals surface area contributed by atoms with Gasteiger partial charge in [-0.05, 0) is 26.8 Å². The summed E-state index contributed by atoms with van der Waals surface area (Å²) in [7, 11) is 0. The van der Waals surface area contributed by atoms with Crippen molar-refractivity contribution < 1.29 is 9.59 Å². The molecule has 20 heavy (non-hydrogen) atoms. The number of carbonyl (C=O) groups is 2. The van der Waals surface area contributed by atoms with Crippen LogP contribution in [0.5, 0.6) is 0 Å². The Bertz CT molecular complexity index is 512. The number of rotatable bonds is 4. The molecule has 4 N–H and O–H groups in total. The molecule has 1 aromatic heterocycles. The minimum absolute atomic E-state index is 0.127. The first-order valence-electron chi connectivity index (χ1n) is 6.19. The van der Waals surface area contributed by atoms with Crippen molar-refractivity contribution in [2.45, 2.75) is 32.7 Å². The standard InChI is InChI=1S/C13H19ClN4O2/c1-13(2,3)18-11(19)4-5-16-12(20)8-6-10(15)17-7-9(8)14/h6-7H,4-5H2,1-3H3,(H2,15,17)(H,16,20)(H,18,19). The molecule has 2 amide bonds. The number of hydrogen-bond donors (Lipinski definition) is 3. The van der Waals surface area contributed by atoms with Crippen LogP contribution >= 0.6 is 11.6 Å². The number of anilines is 1. The van der Waals surface area contributed by atoms with E-state index >= 15 is 0 Å². The van der Waals surface area contributed by atoms with Crippen LogP contribution in [0, 0.1) is 0 Å². The van der Waals surface area contributed by atoms with Crippen molar-refractivity contribution in [2.24, 2.45) is 0 Å². The minimum Gasteiger partial charge on any atom is -0.384 e. The van der Waals surface area contributed by atoms with Crippen LogP contribution in [-0.4, -0.2) is 28.9 Å². The van der Waals surface area contributed by atoms with Crippen LogP contribution in [0.4, 0.5) is 5.82 Å². The van der Waals surface area contributed by atoms with Crippen molar-refractivity contribution in [1.29, 1.82) is 0 Å². The zero-order valence-corrected chi connectivity index (χ0v) is 12.5. The van der Waals surface area contributed by atoms with Gasteiger partial charge in [0.15, 0.2) is 0 Å². The van der Waals surface area contributed by atoms with E-state index in [0.29, 0.717) is 0 Å². The number of amides is 2. The van der Waals surface area contributed by atoms with E-state index in [2.05, 4.69) is 15.6 Å². The Labute approximate surface area is 123 Å². The Morgan fingerprint density at radius 1 is 1.40 bits per heavy atom. The number of nitrogens with one attached hydrogen (secondary N) is 2. The summed E-state index contributed by atoms with van der Waals surface area (Å²) < 4.78 is 0. The zero-order chi connectivity index (χ0) is 15.3. The first-order chi connectivity index (χ1) is 9.19. The number of aromatic nitrogens is 1. The fourth-order valence-corrected chi connectivity index (χ4v) is 1.68.